The third kappa shape index (κ3) is 4.48. The molecule has 0 spiro atoms. The molecule has 7 aromatic rings. The van der Waals surface area contributed by atoms with E-state index < -0.39 is 8.07 Å². The Morgan fingerprint density at radius 3 is 1.31 bits per heavy atom. The predicted molar refractivity (Wildman–Crippen MR) is 209 cm³/mol. The molecule has 7 aromatic carbocycles. The van der Waals surface area contributed by atoms with E-state index >= 15 is 0 Å². The van der Waals surface area contributed by atoms with Gasteiger partial charge in [-0.3, -0.25) is 0 Å². The summed E-state index contributed by atoms with van der Waals surface area (Å²) in [4.78, 5) is 4.95. The summed E-state index contributed by atoms with van der Waals surface area (Å²) in [5.41, 5.74) is 13.7. The maximum Gasteiger partial charge on any atom is 0.252 e. The summed E-state index contributed by atoms with van der Waals surface area (Å²) >= 11 is 0. The van der Waals surface area contributed by atoms with Crippen LogP contribution >= 0.6 is 0 Å². The first kappa shape index (κ1) is 28.6. The topological polar surface area (TPSA) is 6.48 Å². The number of hydrogen-bond acceptors (Lipinski definition) is 2. The Morgan fingerprint density at radius 2 is 0.812 bits per heavy atom. The maximum absolute atomic E-state index is 2.48. The highest BCUT2D eigenvalue weighted by Gasteiger charge is 2.43. The Morgan fingerprint density at radius 1 is 0.396 bits per heavy atom. The summed E-state index contributed by atoms with van der Waals surface area (Å²) in [5.74, 6) is 0. The average molecular weight is 631 g/mol. The first-order chi connectivity index (χ1) is 23.6. The van der Waals surface area contributed by atoms with E-state index in [1.165, 1.54) is 72.0 Å². The molecule has 0 saturated heterocycles. The standard InChI is InChI=1S/C44H35BN2Si/c1-48(2,36-20-10-5-11-21-36)37-28-26-32(27-29-37)33-30-42-44-43(31-33)47(35-18-8-4-9-19-35)41-25-15-13-23-39(41)45(44)38-22-12-14-24-40(38)46(42)34-16-6-3-7-17-34/h3-31H,1-2H3. The van der Waals surface area contributed by atoms with Crippen molar-refractivity contribution in [3.63, 3.8) is 0 Å². The van der Waals surface area contributed by atoms with Gasteiger partial charge in [0.2, 0.25) is 0 Å². The molecular formula is C44H35BN2Si. The molecule has 48 heavy (non-hydrogen) atoms. The number of nitrogens with zero attached hydrogens (tertiary/aromatic N) is 2. The molecule has 0 radical (unpaired) electrons. The molecule has 2 heterocycles. The van der Waals surface area contributed by atoms with E-state index in [4.69, 9.17) is 0 Å². The minimum Gasteiger partial charge on any atom is -0.311 e. The van der Waals surface area contributed by atoms with Crippen molar-refractivity contribution in [1.82, 2.24) is 0 Å². The lowest BCUT2D eigenvalue weighted by Crippen LogP contribution is -2.61. The molecule has 228 valence electrons. The molecule has 0 atom stereocenters. The van der Waals surface area contributed by atoms with E-state index in [9.17, 15) is 0 Å². The highest BCUT2D eigenvalue weighted by molar-refractivity contribution is 7.01. The van der Waals surface area contributed by atoms with E-state index in [1.807, 2.05) is 0 Å². The van der Waals surface area contributed by atoms with Gasteiger partial charge in [-0.05, 0) is 76.0 Å². The fourth-order valence-corrected chi connectivity index (χ4v) is 10.2. The van der Waals surface area contributed by atoms with Gasteiger partial charge in [0.1, 0.15) is 8.07 Å². The van der Waals surface area contributed by atoms with Crippen LogP contribution < -0.4 is 36.6 Å². The SMILES string of the molecule is C[Si](C)(c1ccccc1)c1ccc(-c2cc3c4c(c2)N(c2ccccc2)c2ccccc2B4c2ccccc2N3c2ccccc2)cc1. The van der Waals surface area contributed by atoms with Crippen molar-refractivity contribution in [3.8, 4) is 11.1 Å². The number of benzene rings is 7. The average Bonchev–Trinajstić information content (AvgIpc) is 3.15. The zero-order valence-electron chi connectivity index (χ0n) is 27.2. The number of rotatable bonds is 5. The van der Waals surface area contributed by atoms with Crippen molar-refractivity contribution in [2.75, 3.05) is 9.80 Å². The molecule has 2 aliphatic heterocycles. The van der Waals surface area contributed by atoms with Crippen LogP contribution in [0.4, 0.5) is 34.1 Å². The van der Waals surface area contributed by atoms with Crippen molar-refractivity contribution in [2.24, 2.45) is 0 Å². The summed E-state index contributed by atoms with van der Waals surface area (Å²) in [5, 5.41) is 2.90. The number of hydrogen-bond donors (Lipinski definition) is 0. The second-order valence-electron chi connectivity index (χ2n) is 13.4. The molecule has 0 unspecified atom stereocenters. The third-order valence-corrected chi connectivity index (χ3v) is 13.9. The van der Waals surface area contributed by atoms with E-state index in [1.54, 1.807) is 0 Å². The third-order valence-electron chi connectivity index (χ3n) is 10.3. The van der Waals surface area contributed by atoms with Crippen molar-refractivity contribution in [2.45, 2.75) is 13.1 Å². The minimum atomic E-state index is -1.83. The highest BCUT2D eigenvalue weighted by atomic mass is 28.3. The summed E-state index contributed by atoms with van der Waals surface area (Å²) in [6.07, 6.45) is 0. The predicted octanol–water partition coefficient (Wildman–Crippen LogP) is 8.26. The molecule has 0 aliphatic carbocycles. The molecular weight excluding hydrogens is 595 g/mol. The first-order valence-corrected chi connectivity index (χ1v) is 19.8. The number of anilines is 6. The smallest absolute Gasteiger partial charge is 0.252 e. The van der Waals surface area contributed by atoms with Gasteiger partial charge in [0.25, 0.3) is 6.71 Å². The zero-order chi connectivity index (χ0) is 32.2. The Hall–Kier alpha value is -5.58. The Labute approximate surface area is 284 Å². The van der Waals surface area contributed by atoms with Crippen molar-refractivity contribution >= 4 is 75.7 Å². The molecule has 0 N–H and O–H groups in total. The summed E-state index contributed by atoms with van der Waals surface area (Å²) in [7, 11) is -1.83. The quantitative estimate of drug-likeness (QED) is 0.177. The maximum atomic E-state index is 2.48. The van der Waals surface area contributed by atoms with Gasteiger partial charge in [-0.25, -0.2) is 0 Å². The van der Waals surface area contributed by atoms with Crippen LogP contribution in [0.5, 0.6) is 0 Å². The van der Waals surface area contributed by atoms with Crippen LogP contribution in [-0.2, 0) is 0 Å². The molecule has 0 aromatic heterocycles. The second kappa shape index (κ2) is 11.3. The van der Waals surface area contributed by atoms with Gasteiger partial charge >= 0.3 is 0 Å². The molecule has 4 heteroatoms. The van der Waals surface area contributed by atoms with Crippen LogP contribution in [0.2, 0.25) is 13.1 Å². The van der Waals surface area contributed by atoms with Crippen molar-refractivity contribution in [3.05, 3.63) is 176 Å². The monoisotopic (exact) mass is 630 g/mol. The normalized spacial score (nSPS) is 13.1. The lowest BCUT2D eigenvalue weighted by Gasteiger charge is -2.44. The summed E-state index contributed by atoms with van der Waals surface area (Å²) in [6.45, 7) is 5.02. The molecule has 0 fully saturated rings. The largest absolute Gasteiger partial charge is 0.311 e. The van der Waals surface area contributed by atoms with Gasteiger partial charge in [-0.15, -0.1) is 0 Å². The van der Waals surface area contributed by atoms with Crippen molar-refractivity contribution < 1.29 is 0 Å². The van der Waals surface area contributed by atoms with Crippen LogP contribution in [0.25, 0.3) is 11.1 Å². The lowest BCUT2D eigenvalue weighted by atomic mass is 9.33. The van der Waals surface area contributed by atoms with Gasteiger partial charge in [-0.1, -0.05) is 151 Å². The first-order valence-electron chi connectivity index (χ1n) is 16.8. The van der Waals surface area contributed by atoms with Crippen molar-refractivity contribution in [1.29, 1.82) is 0 Å². The van der Waals surface area contributed by atoms with E-state index in [-0.39, 0.29) is 6.71 Å². The van der Waals surface area contributed by atoms with Crippen LogP contribution in [0.15, 0.2) is 176 Å². The Balaban J connectivity index is 1.30. The fraction of sp³-hybridized carbons (Fsp3) is 0.0455. The molecule has 2 aliphatic rings. The summed E-state index contributed by atoms with van der Waals surface area (Å²) in [6, 6.07) is 64.9. The van der Waals surface area contributed by atoms with Crippen LogP contribution in [0, 0.1) is 0 Å². The van der Waals surface area contributed by atoms with Gasteiger partial charge in [0, 0.05) is 34.1 Å². The molecule has 0 bridgehead atoms. The second-order valence-corrected chi connectivity index (χ2v) is 17.8. The fourth-order valence-electron chi connectivity index (χ4n) is 7.88. The zero-order valence-corrected chi connectivity index (χ0v) is 28.2. The van der Waals surface area contributed by atoms with Crippen LogP contribution in [0.1, 0.15) is 0 Å². The number of para-hydroxylation sites is 4. The van der Waals surface area contributed by atoms with Crippen LogP contribution in [-0.4, -0.2) is 14.8 Å². The van der Waals surface area contributed by atoms with Gasteiger partial charge in [0.05, 0.1) is 0 Å². The lowest BCUT2D eigenvalue weighted by molar-refractivity contribution is 1.25. The van der Waals surface area contributed by atoms with Crippen LogP contribution in [0.3, 0.4) is 0 Å². The van der Waals surface area contributed by atoms with Gasteiger partial charge < -0.3 is 9.80 Å². The highest BCUT2D eigenvalue weighted by Crippen LogP contribution is 2.45. The molecule has 0 amide bonds. The Kier molecular flexibility index (Phi) is 6.73. The Bertz CT molecular complexity index is 2160. The molecule has 2 nitrogen and oxygen atoms in total. The van der Waals surface area contributed by atoms with E-state index in [0.29, 0.717) is 0 Å². The molecule has 0 saturated carbocycles. The molecule has 9 rings (SSSR count). The van der Waals surface area contributed by atoms with E-state index in [2.05, 4.69) is 199 Å². The van der Waals surface area contributed by atoms with Gasteiger partial charge in [-0.2, -0.15) is 0 Å². The summed E-state index contributed by atoms with van der Waals surface area (Å²) < 4.78 is 0. The van der Waals surface area contributed by atoms with E-state index in [0.717, 1.165) is 0 Å². The number of fused-ring (bicyclic) bond motifs is 4. The van der Waals surface area contributed by atoms with Gasteiger partial charge in [0.15, 0.2) is 0 Å². The minimum absolute atomic E-state index is 0.122.